The van der Waals surface area contributed by atoms with Gasteiger partial charge in [-0.2, -0.15) is 0 Å². The van der Waals surface area contributed by atoms with Gasteiger partial charge in [-0.1, -0.05) is 55.4 Å². The van der Waals surface area contributed by atoms with Crippen LogP contribution in [0.3, 0.4) is 0 Å². The van der Waals surface area contributed by atoms with E-state index >= 15 is 0 Å². The molecule has 0 aromatic heterocycles. The van der Waals surface area contributed by atoms with Crippen LogP contribution >= 0.6 is 0 Å². The number of fused-ring (bicyclic) bond motifs is 1. The van der Waals surface area contributed by atoms with Gasteiger partial charge in [-0.3, -0.25) is 0 Å². The summed E-state index contributed by atoms with van der Waals surface area (Å²) in [6, 6.07) is -0.739. The van der Waals surface area contributed by atoms with E-state index in [1.807, 2.05) is 0 Å². The molecule has 0 saturated carbocycles. The molecular formula is C17H35BO5Si2. The molecule has 0 aliphatic carbocycles. The number of ether oxygens (including phenoxy) is 1. The highest BCUT2D eigenvalue weighted by atomic mass is 28.5. The van der Waals surface area contributed by atoms with Crippen molar-refractivity contribution in [3.63, 3.8) is 0 Å². The minimum atomic E-state index is -2.70. The van der Waals surface area contributed by atoms with Gasteiger partial charge >= 0.3 is 17.1 Å². The van der Waals surface area contributed by atoms with E-state index in [4.69, 9.17) is 25.6 Å². The molecule has 25 heavy (non-hydrogen) atoms. The molecule has 1 N–H and O–H groups in total. The highest BCUT2D eigenvalue weighted by Crippen LogP contribution is 2.47. The molecule has 2 saturated heterocycles. The van der Waals surface area contributed by atoms with Crippen LogP contribution in [0.25, 0.3) is 0 Å². The molecule has 5 nitrogen and oxygen atoms in total. The van der Waals surface area contributed by atoms with Crippen molar-refractivity contribution in [2.75, 3.05) is 6.61 Å². The minimum Gasteiger partial charge on any atom is -0.414 e. The first-order valence-electron chi connectivity index (χ1n) is 9.59. The van der Waals surface area contributed by atoms with Gasteiger partial charge in [0.2, 0.25) is 0 Å². The second-order valence-corrected chi connectivity index (χ2v) is 17.5. The third-order valence-electron chi connectivity index (χ3n) is 5.70. The van der Waals surface area contributed by atoms with E-state index in [1.165, 1.54) is 0 Å². The fraction of sp³-hybridized carbons (Fsp3) is 1.00. The molecule has 0 amide bonds. The van der Waals surface area contributed by atoms with Crippen molar-refractivity contribution in [2.45, 2.75) is 102 Å². The van der Waals surface area contributed by atoms with Crippen LogP contribution in [0.15, 0.2) is 0 Å². The van der Waals surface area contributed by atoms with E-state index < -0.39 is 35.3 Å². The van der Waals surface area contributed by atoms with Gasteiger partial charge in [0.1, 0.15) is 20.1 Å². The van der Waals surface area contributed by atoms with E-state index in [-0.39, 0.29) is 28.3 Å². The molecular weight excluding hydrogens is 351 g/mol. The van der Waals surface area contributed by atoms with Crippen LogP contribution in [0.5, 0.6) is 0 Å². The van der Waals surface area contributed by atoms with Crippen molar-refractivity contribution in [1.29, 1.82) is 0 Å². The zero-order chi connectivity index (χ0) is 19.2. The van der Waals surface area contributed by atoms with Crippen LogP contribution in [-0.2, 0) is 17.7 Å². The lowest BCUT2D eigenvalue weighted by atomic mass is 9.93. The monoisotopic (exact) mass is 386 g/mol. The molecule has 144 valence electrons. The largest absolute Gasteiger partial charge is 0.414 e. The van der Waals surface area contributed by atoms with Gasteiger partial charge in [0.05, 0.1) is 12.7 Å². The first kappa shape index (κ1) is 21.6. The summed E-state index contributed by atoms with van der Waals surface area (Å²) in [6.45, 7) is 17.7. The summed E-state index contributed by atoms with van der Waals surface area (Å²) in [6.07, 6.45) is -1.69. The first-order chi connectivity index (χ1) is 11.5. The van der Waals surface area contributed by atoms with Crippen molar-refractivity contribution in [2.24, 2.45) is 0 Å². The van der Waals surface area contributed by atoms with Gasteiger partial charge in [-0.15, -0.1) is 0 Å². The van der Waals surface area contributed by atoms with Crippen LogP contribution in [0, 0.1) is 0 Å². The first-order valence-corrected chi connectivity index (χ1v) is 13.5. The predicted molar refractivity (Wildman–Crippen MR) is 104 cm³/mol. The summed E-state index contributed by atoms with van der Waals surface area (Å²) >= 11 is 0. The second-order valence-electron chi connectivity index (χ2n) is 8.69. The van der Waals surface area contributed by atoms with Gasteiger partial charge in [-0.05, 0) is 22.2 Å². The molecule has 2 aliphatic heterocycles. The van der Waals surface area contributed by atoms with Crippen LogP contribution in [0.4, 0.5) is 0 Å². The quantitative estimate of drug-likeness (QED) is 0.752. The summed E-state index contributed by atoms with van der Waals surface area (Å²) in [5, 5.41) is 10.5. The zero-order valence-corrected chi connectivity index (χ0v) is 19.0. The van der Waals surface area contributed by atoms with E-state index in [0.717, 1.165) is 0 Å². The maximum atomic E-state index is 10.5. The number of aliphatic hydroxyl groups excluding tert-OH is 1. The molecule has 8 heteroatoms. The van der Waals surface area contributed by atoms with E-state index in [2.05, 4.69) is 55.4 Å². The number of rotatable bonds is 4. The molecule has 2 fully saturated rings. The molecule has 0 bridgehead atoms. The second kappa shape index (κ2) is 7.73. The number of aliphatic hydroxyl groups is 1. The van der Waals surface area contributed by atoms with Gasteiger partial charge < -0.3 is 22.8 Å². The molecule has 4 atom stereocenters. The predicted octanol–water partition coefficient (Wildman–Crippen LogP) is 3.20. The Kier molecular flexibility index (Phi) is 6.68. The average Bonchev–Trinajstić information content (AvgIpc) is 2.73. The Hall–Kier alpha value is 0.299. The summed E-state index contributed by atoms with van der Waals surface area (Å²) in [7, 11) is 0.699. The summed E-state index contributed by atoms with van der Waals surface area (Å²) in [5.74, 6) is 0. The fourth-order valence-corrected chi connectivity index (χ4v) is 15.4. The minimum absolute atomic E-state index is 0.225. The molecule has 2 rings (SSSR count). The Bertz CT molecular complexity index is 444. The Balaban J connectivity index is 2.53. The van der Waals surface area contributed by atoms with Crippen molar-refractivity contribution in [1.82, 2.24) is 0 Å². The van der Waals surface area contributed by atoms with Crippen LogP contribution in [0.2, 0.25) is 22.2 Å². The van der Waals surface area contributed by atoms with Gasteiger partial charge in [0, 0.05) is 6.00 Å². The van der Waals surface area contributed by atoms with E-state index in [1.54, 1.807) is 0 Å². The number of hydrogen-bond donors (Lipinski definition) is 1. The molecule has 0 spiro atoms. The third kappa shape index (κ3) is 3.68. The van der Waals surface area contributed by atoms with Crippen molar-refractivity contribution in [3.8, 4) is 0 Å². The maximum Gasteiger partial charge on any atom is 0.335 e. The molecule has 2 heterocycles. The number of hydrogen-bond acceptors (Lipinski definition) is 5. The summed E-state index contributed by atoms with van der Waals surface area (Å²) in [5.41, 5.74) is 1.03. The Labute approximate surface area is 156 Å². The Morgan fingerprint density at radius 3 is 1.80 bits per heavy atom. The molecule has 2 aliphatic rings. The highest BCUT2D eigenvalue weighted by molar-refractivity contribution is 6.83. The van der Waals surface area contributed by atoms with Crippen LogP contribution in [0.1, 0.15) is 55.4 Å². The Morgan fingerprint density at radius 1 is 0.880 bits per heavy atom. The van der Waals surface area contributed by atoms with E-state index in [0.29, 0.717) is 6.61 Å². The van der Waals surface area contributed by atoms with Crippen LogP contribution < -0.4 is 0 Å². The van der Waals surface area contributed by atoms with Gasteiger partial charge in [0.25, 0.3) is 0 Å². The average molecular weight is 386 g/mol. The lowest BCUT2D eigenvalue weighted by Crippen LogP contribution is -2.65. The third-order valence-corrected chi connectivity index (χ3v) is 16.0. The SMILES string of the molecule is [B][C@@H]1O[C@@H]2CO[Si](C(C)C)(C(C)C)O[Si](C(C)C)(C(C)C)OC2C1O. The summed E-state index contributed by atoms with van der Waals surface area (Å²) in [4.78, 5) is 0. The highest BCUT2D eigenvalue weighted by Gasteiger charge is 2.61. The zero-order valence-electron chi connectivity index (χ0n) is 17.0. The smallest absolute Gasteiger partial charge is 0.335 e. The topological polar surface area (TPSA) is 57.2 Å². The molecule has 2 radical (unpaired) electrons. The molecule has 2 unspecified atom stereocenters. The standard InChI is InChI=1S/C17H35BO5Si2/c1-10(2)24(11(3)4)20-9-14-16(15(19)17(18)21-14)22-25(23-24,12(5)6)13(7)8/h10-17,19H,9H2,1-8H3/t14-,15?,16?,17-/m1/s1. The van der Waals surface area contributed by atoms with E-state index in [9.17, 15) is 5.11 Å². The lowest BCUT2D eigenvalue weighted by molar-refractivity contribution is -0.0318. The fourth-order valence-electron chi connectivity index (χ4n) is 4.18. The molecule has 0 aromatic carbocycles. The van der Waals surface area contributed by atoms with Gasteiger partial charge in [-0.25, -0.2) is 0 Å². The maximum absolute atomic E-state index is 10.5. The van der Waals surface area contributed by atoms with Gasteiger partial charge in [0.15, 0.2) is 0 Å². The summed E-state index contributed by atoms with van der Waals surface area (Å²) < 4.78 is 26.0. The van der Waals surface area contributed by atoms with Crippen LogP contribution in [-0.4, -0.2) is 61.0 Å². The Morgan fingerprint density at radius 2 is 1.36 bits per heavy atom. The van der Waals surface area contributed by atoms with Crippen molar-refractivity contribution < 1.29 is 22.8 Å². The van der Waals surface area contributed by atoms with Crippen molar-refractivity contribution in [3.05, 3.63) is 0 Å². The normalized spacial score (nSPS) is 35.2. The molecule has 0 aromatic rings. The lowest BCUT2D eigenvalue weighted by Gasteiger charge is -2.51. The van der Waals surface area contributed by atoms with Crippen molar-refractivity contribution >= 4 is 25.0 Å².